The molecule has 142 valence electrons. The summed E-state index contributed by atoms with van der Waals surface area (Å²) >= 11 is 0. The van der Waals surface area contributed by atoms with Crippen LogP contribution < -0.4 is 5.73 Å². The first-order valence-corrected chi connectivity index (χ1v) is 9.72. The number of nitrogens with zero attached hydrogens (tertiary/aromatic N) is 3. The largest absolute Gasteiger partial charge is 0.366 e. The van der Waals surface area contributed by atoms with Crippen molar-refractivity contribution >= 4 is 15.9 Å². The van der Waals surface area contributed by atoms with Gasteiger partial charge in [-0.1, -0.05) is 12.1 Å². The van der Waals surface area contributed by atoms with Gasteiger partial charge in [0.2, 0.25) is 15.9 Å². The van der Waals surface area contributed by atoms with E-state index >= 15 is 0 Å². The Morgan fingerprint density at radius 3 is 2.33 bits per heavy atom. The Labute approximate surface area is 159 Å². The molecule has 2 aromatic carbocycles. The maximum atomic E-state index is 13.1. The van der Waals surface area contributed by atoms with Crippen molar-refractivity contribution in [2.24, 2.45) is 5.73 Å². The van der Waals surface area contributed by atoms with Crippen molar-refractivity contribution in [2.45, 2.75) is 11.4 Å². The number of rotatable bonds is 8. The molecule has 0 aliphatic rings. The SMILES string of the molecule is CN(C)CCN(Cc1cccc(C#N)c1)S(=O)(=O)c1ccc(C(N)=O)cc1. The van der Waals surface area contributed by atoms with E-state index in [1.54, 1.807) is 24.3 Å². The van der Waals surface area contributed by atoms with Crippen LogP contribution in [0.4, 0.5) is 0 Å². The normalized spacial score (nSPS) is 11.5. The third kappa shape index (κ3) is 5.37. The Balaban J connectivity index is 2.35. The van der Waals surface area contributed by atoms with E-state index in [1.165, 1.54) is 28.6 Å². The van der Waals surface area contributed by atoms with Crippen molar-refractivity contribution in [3.63, 3.8) is 0 Å². The predicted molar refractivity (Wildman–Crippen MR) is 102 cm³/mol. The minimum absolute atomic E-state index is 0.0858. The van der Waals surface area contributed by atoms with E-state index in [0.29, 0.717) is 12.1 Å². The zero-order valence-electron chi connectivity index (χ0n) is 15.3. The zero-order chi connectivity index (χ0) is 20.0. The highest BCUT2D eigenvalue weighted by molar-refractivity contribution is 7.89. The number of amides is 1. The molecule has 0 aliphatic carbocycles. The van der Waals surface area contributed by atoms with E-state index in [4.69, 9.17) is 11.0 Å². The van der Waals surface area contributed by atoms with Gasteiger partial charge in [0.1, 0.15) is 0 Å². The van der Waals surface area contributed by atoms with Crippen LogP contribution in [0, 0.1) is 11.3 Å². The fraction of sp³-hybridized carbons (Fsp3) is 0.263. The van der Waals surface area contributed by atoms with Gasteiger partial charge in [0.15, 0.2) is 0 Å². The number of nitriles is 1. The molecule has 0 saturated carbocycles. The van der Waals surface area contributed by atoms with Gasteiger partial charge < -0.3 is 10.6 Å². The summed E-state index contributed by atoms with van der Waals surface area (Å²) in [5.41, 5.74) is 6.66. The molecule has 0 aromatic heterocycles. The number of likely N-dealkylation sites (N-methyl/N-ethyl adjacent to an activating group) is 1. The molecule has 2 rings (SSSR count). The highest BCUT2D eigenvalue weighted by Crippen LogP contribution is 2.19. The highest BCUT2D eigenvalue weighted by atomic mass is 32.2. The fourth-order valence-corrected chi connectivity index (χ4v) is 3.90. The van der Waals surface area contributed by atoms with Gasteiger partial charge in [-0.25, -0.2) is 8.42 Å². The molecular formula is C19H22N4O3S. The number of sulfonamides is 1. The van der Waals surface area contributed by atoms with Crippen molar-refractivity contribution in [1.29, 1.82) is 5.26 Å². The first kappa shape index (κ1) is 20.6. The maximum absolute atomic E-state index is 13.1. The Morgan fingerprint density at radius 1 is 1.11 bits per heavy atom. The predicted octanol–water partition coefficient (Wildman–Crippen LogP) is 1.41. The summed E-state index contributed by atoms with van der Waals surface area (Å²) < 4.78 is 27.6. The third-order valence-corrected chi connectivity index (χ3v) is 5.85. The summed E-state index contributed by atoms with van der Waals surface area (Å²) in [4.78, 5) is 13.2. The minimum Gasteiger partial charge on any atom is -0.366 e. The van der Waals surface area contributed by atoms with Crippen LogP contribution in [0.5, 0.6) is 0 Å². The van der Waals surface area contributed by atoms with Gasteiger partial charge in [-0.2, -0.15) is 9.57 Å². The molecule has 1 amide bonds. The van der Waals surface area contributed by atoms with Crippen LogP contribution in [0.15, 0.2) is 53.4 Å². The van der Waals surface area contributed by atoms with Gasteiger partial charge in [0.25, 0.3) is 0 Å². The van der Waals surface area contributed by atoms with Crippen LogP contribution in [0.2, 0.25) is 0 Å². The zero-order valence-corrected chi connectivity index (χ0v) is 16.1. The summed E-state index contributed by atoms with van der Waals surface area (Å²) in [7, 11) is -0.0576. The van der Waals surface area contributed by atoms with Crippen molar-refractivity contribution in [3.05, 3.63) is 65.2 Å². The number of carbonyl (C=O) groups excluding carboxylic acids is 1. The van der Waals surface area contributed by atoms with Crippen LogP contribution in [0.1, 0.15) is 21.5 Å². The average Bonchev–Trinajstić information content (AvgIpc) is 2.65. The summed E-state index contributed by atoms with van der Waals surface area (Å²) in [5.74, 6) is -0.614. The van der Waals surface area contributed by atoms with Gasteiger partial charge in [0, 0.05) is 25.2 Å². The maximum Gasteiger partial charge on any atom is 0.248 e. The van der Waals surface area contributed by atoms with Gasteiger partial charge in [-0.3, -0.25) is 4.79 Å². The summed E-state index contributed by atoms with van der Waals surface area (Å²) in [5, 5.41) is 9.05. The molecule has 2 aromatic rings. The monoisotopic (exact) mass is 386 g/mol. The van der Waals surface area contributed by atoms with Crippen molar-refractivity contribution in [3.8, 4) is 6.07 Å². The standard InChI is InChI=1S/C19H22N4O3S/c1-22(2)10-11-23(14-16-5-3-4-15(12-16)13-20)27(25,26)18-8-6-17(7-9-18)19(21)24/h3-9,12H,10-11,14H2,1-2H3,(H2,21,24). The van der Waals surface area contributed by atoms with Gasteiger partial charge in [-0.05, 0) is 56.1 Å². The molecule has 0 bridgehead atoms. The average molecular weight is 386 g/mol. The molecule has 0 fully saturated rings. The Morgan fingerprint density at radius 2 is 1.78 bits per heavy atom. The molecule has 0 heterocycles. The lowest BCUT2D eigenvalue weighted by atomic mass is 10.1. The van der Waals surface area contributed by atoms with Crippen LogP contribution >= 0.6 is 0 Å². The quantitative estimate of drug-likeness (QED) is 0.738. The van der Waals surface area contributed by atoms with Gasteiger partial charge >= 0.3 is 0 Å². The molecule has 0 atom stereocenters. The fourth-order valence-electron chi connectivity index (χ4n) is 2.48. The number of hydrogen-bond acceptors (Lipinski definition) is 5. The first-order valence-electron chi connectivity index (χ1n) is 8.28. The van der Waals surface area contributed by atoms with Gasteiger partial charge in [0.05, 0.1) is 16.5 Å². The number of nitrogens with two attached hydrogens (primary N) is 1. The van der Waals surface area contributed by atoms with Crippen molar-refractivity contribution < 1.29 is 13.2 Å². The first-order chi connectivity index (χ1) is 12.7. The molecule has 27 heavy (non-hydrogen) atoms. The molecular weight excluding hydrogens is 364 g/mol. The summed E-state index contributed by atoms with van der Waals surface area (Å²) in [6, 6.07) is 14.5. The minimum atomic E-state index is -3.79. The van der Waals surface area contributed by atoms with E-state index in [1.807, 2.05) is 19.0 Å². The smallest absolute Gasteiger partial charge is 0.248 e. The summed E-state index contributed by atoms with van der Waals surface area (Å²) in [6.45, 7) is 0.962. The van der Waals surface area contributed by atoms with E-state index in [2.05, 4.69) is 6.07 Å². The Bertz CT molecular complexity index is 948. The molecule has 0 unspecified atom stereocenters. The molecule has 7 nitrogen and oxygen atoms in total. The Kier molecular flexibility index (Phi) is 6.69. The number of carbonyl (C=O) groups is 1. The third-order valence-electron chi connectivity index (χ3n) is 3.99. The summed E-state index contributed by atoms with van der Waals surface area (Å²) in [6.07, 6.45) is 0. The second-order valence-corrected chi connectivity index (χ2v) is 8.28. The second-order valence-electron chi connectivity index (χ2n) is 6.34. The lowest BCUT2D eigenvalue weighted by Gasteiger charge is -2.24. The molecule has 0 spiro atoms. The molecule has 0 aliphatic heterocycles. The topological polar surface area (TPSA) is 108 Å². The number of hydrogen-bond donors (Lipinski definition) is 1. The van der Waals surface area contributed by atoms with Crippen LogP contribution in [-0.4, -0.2) is 50.7 Å². The molecule has 0 radical (unpaired) electrons. The van der Waals surface area contributed by atoms with E-state index in [9.17, 15) is 13.2 Å². The van der Waals surface area contributed by atoms with Crippen molar-refractivity contribution in [1.82, 2.24) is 9.21 Å². The van der Waals surface area contributed by atoms with E-state index < -0.39 is 15.9 Å². The Hall–Kier alpha value is -2.73. The van der Waals surface area contributed by atoms with Crippen LogP contribution in [0.25, 0.3) is 0 Å². The number of benzene rings is 2. The van der Waals surface area contributed by atoms with Crippen LogP contribution in [-0.2, 0) is 16.6 Å². The lowest BCUT2D eigenvalue weighted by Crippen LogP contribution is -2.36. The van der Waals surface area contributed by atoms with Gasteiger partial charge in [-0.15, -0.1) is 0 Å². The molecule has 8 heteroatoms. The molecule has 2 N–H and O–H groups in total. The van der Waals surface area contributed by atoms with Crippen LogP contribution in [0.3, 0.4) is 0 Å². The number of primary amides is 1. The highest BCUT2D eigenvalue weighted by Gasteiger charge is 2.25. The second kappa shape index (κ2) is 8.77. The molecule has 0 saturated heterocycles. The lowest BCUT2D eigenvalue weighted by molar-refractivity contribution is 0.1000. The van der Waals surface area contributed by atoms with Crippen molar-refractivity contribution in [2.75, 3.05) is 27.2 Å². The van der Waals surface area contributed by atoms with E-state index in [-0.39, 0.29) is 23.5 Å². The van der Waals surface area contributed by atoms with E-state index in [0.717, 1.165) is 5.56 Å².